The van der Waals surface area contributed by atoms with Crippen LogP contribution in [-0.4, -0.2) is 43.8 Å². The Kier molecular flexibility index (Phi) is 9.73. The molecule has 0 aromatic heterocycles. The van der Waals surface area contributed by atoms with E-state index in [1.165, 1.54) is 17.0 Å². The summed E-state index contributed by atoms with van der Waals surface area (Å²) in [5, 5.41) is 2.86. The van der Waals surface area contributed by atoms with Crippen molar-refractivity contribution < 1.29 is 18.0 Å². The fraction of sp³-hybridized carbons (Fsp3) is 0.310. The molecular formula is C29H34BrN3O4S. The third-order valence-electron chi connectivity index (χ3n) is 6.11. The predicted octanol–water partition coefficient (Wildman–Crippen LogP) is 5.20. The Hall–Kier alpha value is -3.17. The lowest BCUT2D eigenvalue weighted by molar-refractivity contribution is -0.139. The zero-order chi connectivity index (χ0) is 28.0. The lowest BCUT2D eigenvalue weighted by Crippen LogP contribution is -2.52. The Morgan fingerprint density at radius 2 is 1.55 bits per heavy atom. The second-order valence-electron chi connectivity index (χ2n) is 9.60. The van der Waals surface area contributed by atoms with Crippen LogP contribution in [0.25, 0.3) is 0 Å². The monoisotopic (exact) mass is 599 g/mol. The maximum absolute atomic E-state index is 13.9. The minimum Gasteiger partial charge on any atom is -0.352 e. The van der Waals surface area contributed by atoms with E-state index in [0.29, 0.717) is 11.3 Å². The third kappa shape index (κ3) is 7.23. The van der Waals surface area contributed by atoms with Gasteiger partial charge in [-0.1, -0.05) is 58.4 Å². The largest absolute Gasteiger partial charge is 0.352 e. The molecule has 1 N–H and O–H groups in total. The summed E-state index contributed by atoms with van der Waals surface area (Å²) in [5.74, 6) is -0.797. The molecule has 0 aliphatic carbocycles. The van der Waals surface area contributed by atoms with Gasteiger partial charge < -0.3 is 10.2 Å². The van der Waals surface area contributed by atoms with Crippen molar-refractivity contribution in [2.45, 2.75) is 58.1 Å². The highest BCUT2D eigenvalue weighted by molar-refractivity contribution is 9.10. The van der Waals surface area contributed by atoms with E-state index in [0.717, 1.165) is 19.9 Å². The van der Waals surface area contributed by atoms with Gasteiger partial charge in [-0.3, -0.25) is 13.9 Å². The second-order valence-corrected chi connectivity index (χ2v) is 12.4. The molecule has 1 atom stereocenters. The molecule has 0 aliphatic heterocycles. The Morgan fingerprint density at radius 3 is 2.16 bits per heavy atom. The van der Waals surface area contributed by atoms with Gasteiger partial charge in [-0.25, -0.2) is 8.42 Å². The number of rotatable bonds is 10. The van der Waals surface area contributed by atoms with Gasteiger partial charge in [-0.2, -0.15) is 0 Å². The van der Waals surface area contributed by atoms with E-state index in [1.54, 1.807) is 31.2 Å². The molecule has 0 saturated carbocycles. The molecular weight excluding hydrogens is 566 g/mol. The highest BCUT2D eigenvalue weighted by Crippen LogP contribution is 2.28. The molecule has 0 saturated heterocycles. The Balaban J connectivity index is 2.06. The Morgan fingerprint density at radius 1 is 0.921 bits per heavy atom. The first-order chi connectivity index (χ1) is 17.9. The smallest absolute Gasteiger partial charge is 0.264 e. The highest BCUT2D eigenvalue weighted by atomic mass is 79.9. The average Bonchev–Trinajstić information content (AvgIpc) is 2.88. The van der Waals surface area contributed by atoms with Crippen LogP contribution in [0, 0.1) is 13.8 Å². The molecule has 38 heavy (non-hydrogen) atoms. The molecule has 0 radical (unpaired) electrons. The van der Waals surface area contributed by atoms with Crippen LogP contribution in [0.1, 0.15) is 37.5 Å². The molecule has 0 heterocycles. The standard InChI is InChI=1S/C29H34BrN3O4S/c1-20(2)31-29(35)23(5)32(18-24-13-15-25(30)16-14-24)28(34)19-33(27-17-21(3)11-12-22(27)4)38(36,37)26-9-7-6-8-10-26/h6-17,20,23H,18-19H2,1-5H3,(H,31,35)/t23-/m1/s1. The number of anilines is 1. The van der Waals surface area contributed by atoms with Gasteiger partial charge in [0.15, 0.2) is 0 Å². The number of nitrogens with one attached hydrogen (secondary N) is 1. The summed E-state index contributed by atoms with van der Waals surface area (Å²) in [5.41, 5.74) is 2.82. The lowest BCUT2D eigenvalue weighted by atomic mass is 10.1. The molecule has 0 spiro atoms. The van der Waals surface area contributed by atoms with Gasteiger partial charge in [0.1, 0.15) is 12.6 Å². The minimum atomic E-state index is -4.09. The number of sulfonamides is 1. The molecule has 9 heteroatoms. The number of carbonyl (C=O) groups excluding carboxylic acids is 2. The van der Waals surface area contributed by atoms with Gasteiger partial charge >= 0.3 is 0 Å². The normalized spacial score (nSPS) is 12.2. The van der Waals surface area contributed by atoms with Crippen LogP contribution in [-0.2, 0) is 26.2 Å². The van der Waals surface area contributed by atoms with Crippen LogP contribution >= 0.6 is 15.9 Å². The SMILES string of the molecule is Cc1ccc(C)c(N(CC(=O)N(Cc2ccc(Br)cc2)[C@H](C)C(=O)NC(C)C)S(=O)(=O)c2ccccc2)c1. The van der Waals surface area contributed by atoms with Crippen molar-refractivity contribution in [3.63, 3.8) is 0 Å². The molecule has 7 nitrogen and oxygen atoms in total. The summed E-state index contributed by atoms with van der Waals surface area (Å²) in [6.07, 6.45) is 0. The van der Waals surface area contributed by atoms with Gasteiger partial charge in [0.2, 0.25) is 11.8 Å². The van der Waals surface area contributed by atoms with Crippen molar-refractivity contribution in [1.82, 2.24) is 10.2 Å². The number of hydrogen-bond donors (Lipinski definition) is 1. The lowest BCUT2D eigenvalue weighted by Gasteiger charge is -2.33. The summed E-state index contributed by atoms with van der Waals surface area (Å²) in [6.45, 7) is 8.71. The van der Waals surface area contributed by atoms with Gasteiger partial charge in [-0.15, -0.1) is 0 Å². The number of aryl methyl sites for hydroxylation is 2. The molecule has 3 rings (SSSR count). The van der Waals surface area contributed by atoms with Crippen molar-refractivity contribution in [2.75, 3.05) is 10.8 Å². The first-order valence-electron chi connectivity index (χ1n) is 12.4. The fourth-order valence-corrected chi connectivity index (χ4v) is 5.75. The molecule has 2 amide bonds. The molecule has 0 aliphatic rings. The number of halogens is 1. The van der Waals surface area contributed by atoms with Crippen molar-refractivity contribution in [3.8, 4) is 0 Å². The molecule has 3 aromatic rings. The number of amides is 2. The first kappa shape index (κ1) is 29.4. The van der Waals surface area contributed by atoms with E-state index < -0.39 is 28.5 Å². The van der Waals surface area contributed by atoms with Gasteiger partial charge in [0.25, 0.3) is 10.0 Å². The summed E-state index contributed by atoms with van der Waals surface area (Å²) >= 11 is 3.42. The van der Waals surface area contributed by atoms with Crippen molar-refractivity contribution in [2.24, 2.45) is 0 Å². The topological polar surface area (TPSA) is 86.8 Å². The van der Waals surface area contributed by atoms with Gasteiger partial charge in [-0.05, 0) is 81.6 Å². The quantitative estimate of drug-likeness (QED) is 0.347. The third-order valence-corrected chi connectivity index (χ3v) is 8.41. The fourth-order valence-electron chi connectivity index (χ4n) is 4.00. The number of carbonyl (C=O) groups is 2. The Bertz CT molecular complexity index is 1380. The molecule has 202 valence electrons. The minimum absolute atomic E-state index is 0.0822. The van der Waals surface area contributed by atoms with Crippen LogP contribution in [0.5, 0.6) is 0 Å². The first-order valence-corrected chi connectivity index (χ1v) is 14.6. The number of hydrogen-bond acceptors (Lipinski definition) is 4. The van der Waals surface area contributed by atoms with Crippen LogP contribution in [0.2, 0.25) is 0 Å². The second kappa shape index (κ2) is 12.6. The molecule has 0 bridgehead atoms. The maximum Gasteiger partial charge on any atom is 0.264 e. The number of nitrogens with zero attached hydrogens (tertiary/aromatic N) is 2. The predicted molar refractivity (Wildman–Crippen MR) is 154 cm³/mol. The summed E-state index contributed by atoms with van der Waals surface area (Å²) < 4.78 is 29.8. The van der Waals surface area contributed by atoms with Crippen LogP contribution in [0.15, 0.2) is 82.2 Å². The van der Waals surface area contributed by atoms with E-state index in [1.807, 2.05) is 64.1 Å². The Labute approximate surface area is 234 Å². The van der Waals surface area contributed by atoms with E-state index in [2.05, 4.69) is 21.2 Å². The van der Waals surface area contributed by atoms with E-state index in [4.69, 9.17) is 0 Å². The van der Waals surface area contributed by atoms with E-state index in [9.17, 15) is 18.0 Å². The van der Waals surface area contributed by atoms with Gasteiger partial charge in [0.05, 0.1) is 10.6 Å². The van der Waals surface area contributed by atoms with Crippen molar-refractivity contribution >= 4 is 43.5 Å². The summed E-state index contributed by atoms with van der Waals surface area (Å²) in [6, 6.07) is 20.0. The molecule has 3 aromatic carbocycles. The van der Waals surface area contributed by atoms with Crippen molar-refractivity contribution in [3.05, 3.63) is 94.0 Å². The van der Waals surface area contributed by atoms with E-state index >= 15 is 0 Å². The van der Waals surface area contributed by atoms with Crippen LogP contribution < -0.4 is 9.62 Å². The summed E-state index contributed by atoms with van der Waals surface area (Å²) in [7, 11) is -4.09. The van der Waals surface area contributed by atoms with E-state index in [-0.39, 0.29) is 23.4 Å². The van der Waals surface area contributed by atoms with Crippen LogP contribution in [0.3, 0.4) is 0 Å². The number of benzene rings is 3. The van der Waals surface area contributed by atoms with Crippen LogP contribution in [0.4, 0.5) is 5.69 Å². The van der Waals surface area contributed by atoms with Gasteiger partial charge in [0, 0.05) is 17.1 Å². The molecule has 0 fully saturated rings. The average molecular weight is 601 g/mol. The zero-order valence-electron chi connectivity index (χ0n) is 22.3. The maximum atomic E-state index is 13.9. The highest BCUT2D eigenvalue weighted by Gasteiger charge is 2.33. The molecule has 0 unspecified atom stereocenters. The van der Waals surface area contributed by atoms with Crippen molar-refractivity contribution in [1.29, 1.82) is 0 Å². The zero-order valence-corrected chi connectivity index (χ0v) is 24.7. The summed E-state index contributed by atoms with van der Waals surface area (Å²) in [4.78, 5) is 28.4.